The minimum absolute atomic E-state index is 0.0753. The van der Waals surface area contributed by atoms with Crippen molar-refractivity contribution in [2.75, 3.05) is 40.3 Å². The van der Waals surface area contributed by atoms with Gasteiger partial charge in [0.2, 0.25) is 11.7 Å². The zero-order valence-electron chi connectivity index (χ0n) is 17.2. The van der Waals surface area contributed by atoms with E-state index in [1.54, 1.807) is 42.3 Å². The molecule has 0 unspecified atom stereocenters. The van der Waals surface area contributed by atoms with Crippen LogP contribution in [-0.2, 0) is 0 Å². The van der Waals surface area contributed by atoms with Crippen LogP contribution in [-0.4, -0.2) is 75.8 Å². The largest absolute Gasteiger partial charge is 0.481 e. The van der Waals surface area contributed by atoms with E-state index in [2.05, 4.69) is 20.0 Å². The summed E-state index contributed by atoms with van der Waals surface area (Å²) in [7, 11) is 3.56. The Hall–Kier alpha value is -3.33. The van der Waals surface area contributed by atoms with E-state index < -0.39 is 0 Å². The normalized spacial score (nSPS) is 14.7. The Morgan fingerprint density at radius 2 is 1.90 bits per heavy atom. The van der Waals surface area contributed by atoms with Crippen molar-refractivity contribution >= 4 is 5.91 Å². The standard InChI is InChI=1S/C21H23FN6O2/c1-14-4-5-15(12-17(14)22)20-24-19(21(29)27-10-8-26(2)9-11-27)25-28(20)16-6-7-18(30-3)23-13-16/h4-7,12-13H,8-11H2,1-3H3. The van der Waals surface area contributed by atoms with Gasteiger partial charge >= 0.3 is 0 Å². The summed E-state index contributed by atoms with van der Waals surface area (Å²) in [5, 5.41) is 4.46. The van der Waals surface area contributed by atoms with Gasteiger partial charge in [-0.2, -0.15) is 0 Å². The van der Waals surface area contributed by atoms with Gasteiger partial charge in [-0.3, -0.25) is 4.79 Å². The van der Waals surface area contributed by atoms with Crippen LogP contribution >= 0.6 is 0 Å². The number of amides is 1. The highest BCUT2D eigenvalue weighted by atomic mass is 19.1. The fourth-order valence-electron chi connectivity index (χ4n) is 3.27. The molecule has 4 rings (SSSR count). The second-order valence-electron chi connectivity index (χ2n) is 7.29. The molecule has 0 spiro atoms. The number of hydrogen-bond acceptors (Lipinski definition) is 6. The fourth-order valence-corrected chi connectivity index (χ4v) is 3.27. The predicted octanol–water partition coefficient (Wildman–Crippen LogP) is 2.17. The molecule has 0 saturated carbocycles. The molecule has 0 N–H and O–H groups in total. The summed E-state index contributed by atoms with van der Waals surface area (Å²) in [5.74, 6) is 0.319. The number of carbonyl (C=O) groups is 1. The summed E-state index contributed by atoms with van der Waals surface area (Å²) < 4.78 is 20.8. The molecule has 0 aliphatic carbocycles. The average Bonchev–Trinajstić information content (AvgIpc) is 3.21. The number of methoxy groups -OCH3 is 1. The molecule has 30 heavy (non-hydrogen) atoms. The highest BCUT2D eigenvalue weighted by Gasteiger charge is 2.26. The Morgan fingerprint density at radius 3 is 2.53 bits per heavy atom. The maximum Gasteiger partial charge on any atom is 0.293 e. The first kappa shape index (κ1) is 20.0. The van der Waals surface area contributed by atoms with Gasteiger partial charge in [0.15, 0.2) is 5.82 Å². The summed E-state index contributed by atoms with van der Waals surface area (Å²) >= 11 is 0. The number of nitrogens with zero attached hydrogens (tertiary/aromatic N) is 6. The Balaban J connectivity index is 1.76. The van der Waals surface area contributed by atoms with Crippen LogP contribution in [0.2, 0.25) is 0 Å². The van der Waals surface area contributed by atoms with Crippen molar-refractivity contribution in [2.24, 2.45) is 0 Å². The van der Waals surface area contributed by atoms with Gasteiger partial charge < -0.3 is 14.5 Å². The van der Waals surface area contributed by atoms with Crippen LogP contribution in [0.1, 0.15) is 16.2 Å². The van der Waals surface area contributed by atoms with E-state index in [1.807, 2.05) is 7.05 Å². The lowest BCUT2D eigenvalue weighted by atomic mass is 10.1. The van der Waals surface area contributed by atoms with Crippen LogP contribution in [0.15, 0.2) is 36.5 Å². The van der Waals surface area contributed by atoms with Crippen LogP contribution < -0.4 is 4.74 Å². The first-order valence-electron chi connectivity index (χ1n) is 9.68. The van der Waals surface area contributed by atoms with E-state index in [0.717, 1.165) is 13.1 Å². The lowest BCUT2D eigenvalue weighted by Crippen LogP contribution is -2.47. The van der Waals surface area contributed by atoms with Crippen molar-refractivity contribution in [2.45, 2.75) is 6.92 Å². The number of carbonyl (C=O) groups excluding carboxylic acids is 1. The smallest absolute Gasteiger partial charge is 0.293 e. The van der Waals surface area contributed by atoms with Crippen LogP contribution in [0.25, 0.3) is 17.1 Å². The van der Waals surface area contributed by atoms with Crippen molar-refractivity contribution in [1.82, 2.24) is 29.5 Å². The number of aromatic nitrogens is 4. The van der Waals surface area contributed by atoms with Crippen molar-refractivity contribution in [1.29, 1.82) is 0 Å². The van der Waals surface area contributed by atoms with Gasteiger partial charge in [0.1, 0.15) is 5.82 Å². The number of piperazine rings is 1. The quantitative estimate of drug-likeness (QED) is 0.656. The molecule has 1 aliphatic heterocycles. The molecule has 156 valence electrons. The van der Waals surface area contributed by atoms with Crippen molar-refractivity contribution in [3.05, 3.63) is 53.7 Å². The van der Waals surface area contributed by atoms with E-state index in [0.29, 0.717) is 41.6 Å². The molecule has 1 aromatic carbocycles. The van der Waals surface area contributed by atoms with Crippen molar-refractivity contribution < 1.29 is 13.9 Å². The number of hydrogen-bond donors (Lipinski definition) is 0. The third-order valence-corrected chi connectivity index (χ3v) is 5.19. The lowest BCUT2D eigenvalue weighted by Gasteiger charge is -2.31. The van der Waals surface area contributed by atoms with Gasteiger partial charge in [0, 0.05) is 37.8 Å². The molecule has 0 atom stereocenters. The van der Waals surface area contributed by atoms with Crippen LogP contribution in [0, 0.1) is 12.7 Å². The maximum atomic E-state index is 14.2. The number of aryl methyl sites for hydroxylation is 1. The predicted molar refractivity (Wildman–Crippen MR) is 109 cm³/mol. The zero-order chi connectivity index (χ0) is 21.3. The third-order valence-electron chi connectivity index (χ3n) is 5.19. The van der Waals surface area contributed by atoms with E-state index in [-0.39, 0.29) is 17.5 Å². The summed E-state index contributed by atoms with van der Waals surface area (Å²) in [6, 6.07) is 8.30. The highest BCUT2D eigenvalue weighted by Crippen LogP contribution is 2.24. The van der Waals surface area contributed by atoms with Crippen molar-refractivity contribution in [3.8, 4) is 23.0 Å². The van der Waals surface area contributed by atoms with Gasteiger partial charge in [-0.15, -0.1) is 5.10 Å². The first-order valence-corrected chi connectivity index (χ1v) is 9.68. The van der Waals surface area contributed by atoms with Crippen LogP contribution in [0.3, 0.4) is 0 Å². The zero-order valence-corrected chi connectivity index (χ0v) is 17.2. The van der Waals surface area contributed by atoms with Crippen LogP contribution in [0.4, 0.5) is 4.39 Å². The first-order chi connectivity index (χ1) is 14.5. The highest BCUT2D eigenvalue weighted by molar-refractivity contribution is 5.91. The van der Waals surface area contributed by atoms with E-state index >= 15 is 0 Å². The molecule has 3 aromatic rings. The SMILES string of the molecule is COc1ccc(-n2nc(C(=O)N3CCN(C)CC3)nc2-c2ccc(C)c(F)c2)cn1. The minimum atomic E-state index is -0.346. The van der Waals surface area contributed by atoms with Gasteiger partial charge in [-0.25, -0.2) is 19.0 Å². The molecule has 1 amide bonds. The van der Waals surface area contributed by atoms with E-state index in [1.165, 1.54) is 17.9 Å². The summed E-state index contributed by atoms with van der Waals surface area (Å²) in [4.78, 5) is 25.6. The second-order valence-corrected chi connectivity index (χ2v) is 7.29. The van der Waals surface area contributed by atoms with E-state index in [4.69, 9.17) is 4.74 Å². The number of likely N-dealkylation sites (N-methyl/N-ethyl adjacent to an activating group) is 1. The Bertz CT molecular complexity index is 1060. The summed E-state index contributed by atoms with van der Waals surface area (Å²) in [6.07, 6.45) is 1.58. The topological polar surface area (TPSA) is 76.4 Å². The number of benzene rings is 1. The van der Waals surface area contributed by atoms with Crippen molar-refractivity contribution in [3.63, 3.8) is 0 Å². The molecule has 2 aromatic heterocycles. The molecule has 1 fully saturated rings. The third kappa shape index (κ3) is 3.88. The number of halogens is 1. The molecule has 0 radical (unpaired) electrons. The monoisotopic (exact) mass is 410 g/mol. The minimum Gasteiger partial charge on any atom is -0.481 e. The average molecular weight is 410 g/mol. The molecular weight excluding hydrogens is 387 g/mol. The second kappa shape index (κ2) is 8.19. The number of pyridine rings is 1. The molecular formula is C21H23FN6O2. The summed E-state index contributed by atoms with van der Waals surface area (Å²) in [6.45, 7) is 4.51. The molecule has 1 saturated heterocycles. The Kier molecular flexibility index (Phi) is 5.45. The van der Waals surface area contributed by atoms with Gasteiger partial charge in [-0.1, -0.05) is 12.1 Å². The van der Waals surface area contributed by atoms with Crippen LogP contribution in [0.5, 0.6) is 5.88 Å². The Labute approximate surface area is 173 Å². The molecule has 1 aliphatic rings. The Morgan fingerprint density at radius 1 is 1.13 bits per heavy atom. The summed E-state index contributed by atoms with van der Waals surface area (Å²) in [5.41, 5.74) is 1.65. The lowest BCUT2D eigenvalue weighted by molar-refractivity contribution is 0.0652. The molecule has 3 heterocycles. The van der Waals surface area contributed by atoms with E-state index in [9.17, 15) is 9.18 Å². The number of ether oxygens (including phenoxy) is 1. The molecule has 0 bridgehead atoms. The number of rotatable bonds is 4. The van der Waals surface area contributed by atoms with Gasteiger partial charge in [0.05, 0.1) is 19.0 Å². The molecule has 8 nitrogen and oxygen atoms in total. The molecule has 9 heteroatoms. The van der Waals surface area contributed by atoms with Gasteiger partial charge in [0.25, 0.3) is 5.91 Å². The fraction of sp³-hybridized carbons (Fsp3) is 0.333. The maximum absolute atomic E-state index is 14.2. The van der Waals surface area contributed by atoms with Gasteiger partial charge in [-0.05, 0) is 31.7 Å².